The number of hydrogen-bond acceptors (Lipinski definition) is 4. The molecule has 0 fully saturated rings. The number of aromatic amines is 1. The van der Waals surface area contributed by atoms with Crippen LogP contribution in [0.15, 0.2) is 89.7 Å². The summed E-state index contributed by atoms with van der Waals surface area (Å²) >= 11 is 1.53. The Bertz CT molecular complexity index is 1390. The molecular formula is C26H20N2O2S. The number of thiophene rings is 1. The minimum absolute atomic E-state index is 0.127. The van der Waals surface area contributed by atoms with Crippen molar-refractivity contribution in [2.24, 2.45) is 0 Å². The molecule has 3 aromatic carbocycles. The Morgan fingerprint density at radius 1 is 0.903 bits per heavy atom. The molecule has 5 rings (SSSR count). The van der Waals surface area contributed by atoms with Gasteiger partial charge in [0.25, 0.3) is 5.56 Å². The third-order valence-corrected chi connectivity index (χ3v) is 6.19. The molecule has 0 amide bonds. The predicted octanol–water partition coefficient (Wildman–Crippen LogP) is 6.21. The van der Waals surface area contributed by atoms with E-state index in [9.17, 15) is 4.79 Å². The van der Waals surface area contributed by atoms with Crippen molar-refractivity contribution in [2.45, 2.75) is 13.5 Å². The van der Waals surface area contributed by atoms with E-state index < -0.39 is 0 Å². The Balaban J connectivity index is 1.38. The first-order valence-electron chi connectivity index (χ1n) is 10.0. The maximum Gasteiger partial charge on any atom is 0.259 e. The van der Waals surface area contributed by atoms with E-state index in [2.05, 4.69) is 36.2 Å². The molecule has 5 aromatic rings. The van der Waals surface area contributed by atoms with E-state index >= 15 is 0 Å². The normalized spacial score (nSPS) is 11.0. The second kappa shape index (κ2) is 8.20. The van der Waals surface area contributed by atoms with Crippen molar-refractivity contribution < 1.29 is 4.74 Å². The molecule has 4 nitrogen and oxygen atoms in total. The Labute approximate surface area is 183 Å². The third kappa shape index (κ3) is 4.13. The largest absolute Gasteiger partial charge is 0.489 e. The Hall–Kier alpha value is -3.70. The Morgan fingerprint density at radius 3 is 2.39 bits per heavy atom. The smallest absolute Gasteiger partial charge is 0.259 e. The number of rotatable bonds is 5. The summed E-state index contributed by atoms with van der Waals surface area (Å²) in [6, 6.07) is 27.9. The van der Waals surface area contributed by atoms with E-state index in [4.69, 9.17) is 9.72 Å². The molecule has 0 saturated carbocycles. The highest BCUT2D eigenvalue weighted by molar-refractivity contribution is 7.21. The molecule has 152 valence electrons. The van der Waals surface area contributed by atoms with Crippen LogP contribution in [-0.4, -0.2) is 9.97 Å². The van der Waals surface area contributed by atoms with Gasteiger partial charge < -0.3 is 9.72 Å². The van der Waals surface area contributed by atoms with Crippen LogP contribution in [0.4, 0.5) is 0 Å². The zero-order valence-corrected chi connectivity index (χ0v) is 17.8. The van der Waals surface area contributed by atoms with Gasteiger partial charge in [-0.15, -0.1) is 11.3 Å². The average molecular weight is 425 g/mol. The van der Waals surface area contributed by atoms with Crippen LogP contribution in [0.3, 0.4) is 0 Å². The van der Waals surface area contributed by atoms with Crippen LogP contribution in [-0.2, 0) is 6.61 Å². The fourth-order valence-electron chi connectivity index (χ4n) is 3.37. The summed E-state index contributed by atoms with van der Waals surface area (Å²) in [6.45, 7) is 2.58. The summed E-state index contributed by atoms with van der Waals surface area (Å²) < 4.78 is 5.88. The number of H-pyrrole nitrogens is 1. The summed E-state index contributed by atoms with van der Waals surface area (Å²) in [5.74, 6) is 1.33. The molecular weight excluding hydrogens is 404 g/mol. The molecule has 0 spiro atoms. The first-order valence-corrected chi connectivity index (χ1v) is 10.9. The lowest BCUT2D eigenvalue weighted by Gasteiger charge is -2.07. The number of benzene rings is 3. The summed E-state index contributed by atoms with van der Waals surface area (Å²) in [5.41, 5.74) is 4.15. The number of aromatic nitrogens is 2. The SMILES string of the molecule is Cc1ccc(COc2ccc(-c3nc4sc(-c5ccccc5)cc4c(=O)[nH]3)cc2)cc1. The molecule has 0 unspecified atom stereocenters. The number of ether oxygens (including phenoxy) is 1. The maximum absolute atomic E-state index is 12.7. The summed E-state index contributed by atoms with van der Waals surface area (Å²) in [5, 5.41) is 0.616. The second-order valence-corrected chi connectivity index (χ2v) is 8.44. The van der Waals surface area contributed by atoms with Crippen molar-refractivity contribution >= 4 is 21.6 Å². The Kier molecular flexibility index (Phi) is 5.10. The number of fused-ring (bicyclic) bond motifs is 1. The van der Waals surface area contributed by atoms with Crippen molar-refractivity contribution in [2.75, 3.05) is 0 Å². The average Bonchev–Trinajstić information content (AvgIpc) is 3.25. The minimum atomic E-state index is -0.127. The molecule has 1 N–H and O–H groups in total. The van der Waals surface area contributed by atoms with Gasteiger partial charge in [-0.3, -0.25) is 4.79 Å². The van der Waals surface area contributed by atoms with Crippen molar-refractivity contribution in [3.63, 3.8) is 0 Å². The molecule has 0 radical (unpaired) electrons. The van der Waals surface area contributed by atoms with Crippen molar-refractivity contribution in [1.29, 1.82) is 0 Å². The van der Waals surface area contributed by atoms with Gasteiger partial charge in [-0.2, -0.15) is 0 Å². The predicted molar refractivity (Wildman–Crippen MR) is 127 cm³/mol. The van der Waals surface area contributed by atoms with E-state index in [-0.39, 0.29) is 5.56 Å². The molecule has 0 bridgehead atoms. The van der Waals surface area contributed by atoms with Crippen molar-refractivity contribution in [3.8, 4) is 27.6 Å². The molecule has 0 aliphatic heterocycles. The lowest BCUT2D eigenvalue weighted by Crippen LogP contribution is -2.07. The van der Waals surface area contributed by atoms with Crippen LogP contribution >= 0.6 is 11.3 Å². The molecule has 0 saturated heterocycles. The van der Waals surface area contributed by atoms with E-state index in [1.54, 1.807) is 0 Å². The van der Waals surface area contributed by atoms with Crippen molar-refractivity contribution in [1.82, 2.24) is 9.97 Å². The second-order valence-electron chi connectivity index (χ2n) is 7.41. The zero-order valence-electron chi connectivity index (χ0n) is 17.0. The van der Waals surface area contributed by atoms with E-state index in [1.165, 1.54) is 16.9 Å². The lowest BCUT2D eigenvalue weighted by molar-refractivity contribution is 0.306. The van der Waals surface area contributed by atoms with Crippen LogP contribution in [0.1, 0.15) is 11.1 Å². The number of hydrogen-bond donors (Lipinski definition) is 1. The number of aryl methyl sites for hydroxylation is 1. The Morgan fingerprint density at radius 2 is 1.65 bits per heavy atom. The standard InChI is InChI=1S/C26H20N2O2S/c1-17-7-9-18(10-8-17)16-30-21-13-11-20(12-14-21)24-27-25(29)22-15-23(31-26(22)28-24)19-5-3-2-4-6-19/h2-15H,16H2,1H3,(H,27,28,29). The minimum Gasteiger partial charge on any atom is -0.489 e. The monoisotopic (exact) mass is 424 g/mol. The zero-order chi connectivity index (χ0) is 21.2. The molecule has 0 aliphatic carbocycles. The first kappa shape index (κ1) is 19.3. The first-order chi connectivity index (χ1) is 15.2. The van der Waals surface area contributed by atoms with Gasteiger partial charge in [0.15, 0.2) is 0 Å². The third-order valence-electron chi connectivity index (χ3n) is 5.11. The van der Waals surface area contributed by atoms with Crippen LogP contribution in [0, 0.1) is 6.92 Å². The van der Waals surface area contributed by atoms with Gasteiger partial charge in [-0.25, -0.2) is 4.98 Å². The fraction of sp³-hybridized carbons (Fsp3) is 0.0769. The van der Waals surface area contributed by atoms with Crippen LogP contribution in [0.5, 0.6) is 5.75 Å². The highest BCUT2D eigenvalue weighted by atomic mass is 32.1. The van der Waals surface area contributed by atoms with Crippen LogP contribution in [0.2, 0.25) is 0 Å². The molecule has 0 atom stereocenters. The summed E-state index contributed by atoms with van der Waals surface area (Å²) in [7, 11) is 0. The van der Waals surface area contributed by atoms with Crippen LogP contribution < -0.4 is 10.3 Å². The summed E-state index contributed by atoms with van der Waals surface area (Å²) in [4.78, 5) is 22.0. The van der Waals surface area contributed by atoms with Crippen LogP contribution in [0.25, 0.3) is 32.0 Å². The molecule has 2 aromatic heterocycles. The number of nitrogens with zero attached hydrogens (tertiary/aromatic N) is 1. The topological polar surface area (TPSA) is 55.0 Å². The van der Waals surface area contributed by atoms with Crippen molar-refractivity contribution in [3.05, 3.63) is 106 Å². The van der Waals surface area contributed by atoms with Gasteiger partial charge in [0.05, 0.1) is 5.39 Å². The van der Waals surface area contributed by atoms with E-state index in [1.807, 2.05) is 60.7 Å². The molecule has 2 heterocycles. The maximum atomic E-state index is 12.7. The summed E-state index contributed by atoms with van der Waals surface area (Å²) in [6.07, 6.45) is 0. The molecule has 31 heavy (non-hydrogen) atoms. The van der Waals surface area contributed by atoms with Gasteiger partial charge in [0.1, 0.15) is 23.0 Å². The lowest BCUT2D eigenvalue weighted by atomic mass is 10.1. The van der Waals surface area contributed by atoms with Gasteiger partial charge in [-0.1, -0.05) is 60.2 Å². The number of nitrogens with one attached hydrogen (secondary N) is 1. The highest BCUT2D eigenvalue weighted by Gasteiger charge is 2.11. The van der Waals surface area contributed by atoms with Gasteiger partial charge in [-0.05, 0) is 48.4 Å². The van der Waals surface area contributed by atoms with Gasteiger partial charge in [0.2, 0.25) is 0 Å². The van der Waals surface area contributed by atoms with Gasteiger partial charge in [0, 0.05) is 10.4 Å². The fourth-order valence-corrected chi connectivity index (χ4v) is 4.41. The highest BCUT2D eigenvalue weighted by Crippen LogP contribution is 2.31. The van der Waals surface area contributed by atoms with E-state index in [0.29, 0.717) is 17.8 Å². The van der Waals surface area contributed by atoms with E-state index in [0.717, 1.165) is 32.1 Å². The quantitative estimate of drug-likeness (QED) is 0.365. The molecule has 5 heteroatoms. The van der Waals surface area contributed by atoms with Gasteiger partial charge >= 0.3 is 0 Å². The molecule has 0 aliphatic rings.